The van der Waals surface area contributed by atoms with Crippen molar-refractivity contribution in [3.05, 3.63) is 77.7 Å². The zero-order valence-electron chi connectivity index (χ0n) is 14.9. The standard InChI is InChI=1S/C21H19FN2O2S/c1-15-4-10-18(11-5-15)27(25,26)24-14-2-3-20-21(24)13-12-19(23-20)16-6-8-17(22)9-7-16/h4-13H,2-3,14H2,1H3. The van der Waals surface area contributed by atoms with Crippen molar-refractivity contribution in [3.8, 4) is 11.3 Å². The summed E-state index contributed by atoms with van der Waals surface area (Å²) in [4.78, 5) is 4.94. The average Bonchev–Trinajstić information content (AvgIpc) is 2.68. The lowest BCUT2D eigenvalue weighted by molar-refractivity contribution is 0.585. The predicted molar refractivity (Wildman–Crippen MR) is 104 cm³/mol. The molecule has 0 radical (unpaired) electrons. The summed E-state index contributed by atoms with van der Waals surface area (Å²) in [6.07, 6.45) is 1.42. The molecule has 2 aromatic carbocycles. The molecule has 2 heterocycles. The van der Waals surface area contributed by atoms with Crippen LogP contribution in [0.4, 0.5) is 10.1 Å². The molecule has 0 fully saturated rings. The zero-order chi connectivity index (χ0) is 19.0. The maximum absolute atomic E-state index is 13.2. The van der Waals surface area contributed by atoms with Gasteiger partial charge in [0, 0.05) is 12.1 Å². The number of sulfonamides is 1. The van der Waals surface area contributed by atoms with E-state index in [0.717, 1.165) is 16.8 Å². The summed E-state index contributed by atoms with van der Waals surface area (Å²) in [5.74, 6) is -0.299. The molecule has 0 saturated heterocycles. The highest BCUT2D eigenvalue weighted by molar-refractivity contribution is 7.92. The Bertz CT molecular complexity index is 1080. The van der Waals surface area contributed by atoms with Gasteiger partial charge in [0.05, 0.1) is 22.0 Å². The van der Waals surface area contributed by atoms with E-state index in [1.807, 2.05) is 6.92 Å². The normalized spacial score (nSPS) is 14.1. The number of halogens is 1. The van der Waals surface area contributed by atoms with Gasteiger partial charge in [0.1, 0.15) is 5.82 Å². The van der Waals surface area contributed by atoms with E-state index in [1.165, 1.54) is 16.4 Å². The molecule has 0 saturated carbocycles. The van der Waals surface area contributed by atoms with Crippen LogP contribution in [0.2, 0.25) is 0 Å². The topological polar surface area (TPSA) is 50.3 Å². The Morgan fingerprint density at radius 1 is 0.963 bits per heavy atom. The van der Waals surface area contributed by atoms with Gasteiger partial charge in [0.25, 0.3) is 10.0 Å². The van der Waals surface area contributed by atoms with Crippen molar-refractivity contribution in [2.75, 3.05) is 10.8 Å². The molecule has 0 unspecified atom stereocenters. The van der Waals surface area contributed by atoms with Gasteiger partial charge < -0.3 is 0 Å². The molecule has 0 N–H and O–H groups in total. The Hall–Kier alpha value is -2.73. The van der Waals surface area contributed by atoms with Gasteiger partial charge in [0.15, 0.2) is 0 Å². The van der Waals surface area contributed by atoms with Gasteiger partial charge in [0.2, 0.25) is 0 Å². The first kappa shape index (κ1) is 17.7. The molecule has 1 aliphatic rings. The van der Waals surface area contributed by atoms with Crippen LogP contribution < -0.4 is 4.31 Å². The highest BCUT2D eigenvalue weighted by Gasteiger charge is 2.29. The van der Waals surface area contributed by atoms with Crippen molar-refractivity contribution >= 4 is 15.7 Å². The number of aromatic nitrogens is 1. The van der Waals surface area contributed by atoms with E-state index in [-0.39, 0.29) is 10.7 Å². The number of benzene rings is 2. The van der Waals surface area contributed by atoms with Crippen molar-refractivity contribution in [1.29, 1.82) is 0 Å². The Morgan fingerprint density at radius 3 is 2.37 bits per heavy atom. The fraction of sp³-hybridized carbons (Fsp3) is 0.190. The second-order valence-corrected chi connectivity index (χ2v) is 8.53. The minimum atomic E-state index is -3.63. The average molecular weight is 382 g/mol. The number of rotatable bonds is 3. The summed E-state index contributed by atoms with van der Waals surface area (Å²) in [7, 11) is -3.63. The lowest BCUT2D eigenvalue weighted by Gasteiger charge is -2.30. The molecule has 0 atom stereocenters. The lowest BCUT2D eigenvalue weighted by Crippen LogP contribution is -2.35. The number of anilines is 1. The summed E-state index contributed by atoms with van der Waals surface area (Å²) in [6, 6.07) is 16.6. The van der Waals surface area contributed by atoms with E-state index in [2.05, 4.69) is 4.98 Å². The molecule has 27 heavy (non-hydrogen) atoms. The van der Waals surface area contributed by atoms with Crippen LogP contribution in [0.5, 0.6) is 0 Å². The van der Waals surface area contributed by atoms with Crippen molar-refractivity contribution in [2.24, 2.45) is 0 Å². The van der Waals surface area contributed by atoms with Crippen molar-refractivity contribution in [2.45, 2.75) is 24.7 Å². The van der Waals surface area contributed by atoms with Gasteiger partial charge in [-0.3, -0.25) is 9.29 Å². The maximum Gasteiger partial charge on any atom is 0.264 e. The third-order valence-corrected chi connectivity index (χ3v) is 6.57. The van der Waals surface area contributed by atoms with E-state index in [9.17, 15) is 12.8 Å². The number of pyridine rings is 1. The summed E-state index contributed by atoms with van der Waals surface area (Å²) in [6.45, 7) is 2.36. The van der Waals surface area contributed by atoms with E-state index in [0.29, 0.717) is 30.8 Å². The second-order valence-electron chi connectivity index (χ2n) is 6.66. The number of hydrogen-bond donors (Lipinski definition) is 0. The Labute approximate surface area is 158 Å². The molecule has 4 rings (SSSR count). The summed E-state index contributed by atoms with van der Waals surface area (Å²) in [5.41, 5.74) is 3.89. The van der Waals surface area contributed by atoms with Crippen LogP contribution in [-0.4, -0.2) is 19.9 Å². The summed E-state index contributed by atoms with van der Waals surface area (Å²) < 4.78 is 40.8. The first-order chi connectivity index (χ1) is 12.9. The van der Waals surface area contributed by atoms with Crippen LogP contribution in [0, 0.1) is 12.7 Å². The Morgan fingerprint density at radius 2 is 1.67 bits per heavy atom. The fourth-order valence-electron chi connectivity index (χ4n) is 3.28. The van der Waals surface area contributed by atoms with Crippen molar-refractivity contribution < 1.29 is 12.8 Å². The SMILES string of the molecule is Cc1ccc(S(=O)(=O)N2CCCc3nc(-c4ccc(F)cc4)ccc32)cc1. The quantitative estimate of drug-likeness (QED) is 0.677. The number of aryl methyl sites for hydroxylation is 2. The maximum atomic E-state index is 13.2. The van der Waals surface area contributed by atoms with Gasteiger partial charge in [-0.2, -0.15) is 0 Å². The first-order valence-electron chi connectivity index (χ1n) is 8.80. The van der Waals surface area contributed by atoms with Crippen LogP contribution in [0.1, 0.15) is 17.7 Å². The monoisotopic (exact) mass is 382 g/mol. The van der Waals surface area contributed by atoms with Crippen molar-refractivity contribution in [1.82, 2.24) is 4.98 Å². The van der Waals surface area contributed by atoms with Gasteiger partial charge in [-0.15, -0.1) is 0 Å². The fourth-order valence-corrected chi connectivity index (χ4v) is 4.81. The zero-order valence-corrected chi connectivity index (χ0v) is 15.7. The van der Waals surface area contributed by atoms with Gasteiger partial charge in [-0.05, 0) is 68.3 Å². The second kappa shape index (κ2) is 6.78. The van der Waals surface area contributed by atoms with Crippen LogP contribution in [0.25, 0.3) is 11.3 Å². The number of hydrogen-bond acceptors (Lipinski definition) is 3. The van der Waals surface area contributed by atoms with Crippen LogP contribution >= 0.6 is 0 Å². The number of nitrogens with zero attached hydrogens (tertiary/aromatic N) is 2. The number of fused-ring (bicyclic) bond motifs is 1. The minimum absolute atomic E-state index is 0.281. The molecule has 0 spiro atoms. The molecular formula is C21H19FN2O2S. The molecule has 1 aromatic heterocycles. The first-order valence-corrected chi connectivity index (χ1v) is 10.2. The van der Waals surface area contributed by atoms with E-state index < -0.39 is 10.0 Å². The molecular weight excluding hydrogens is 363 g/mol. The van der Waals surface area contributed by atoms with Crippen LogP contribution in [0.3, 0.4) is 0 Å². The highest BCUT2D eigenvalue weighted by atomic mass is 32.2. The molecule has 0 aliphatic carbocycles. The van der Waals surface area contributed by atoms with Crippen molar-refractivity contribution in [3.63, 3.8) is 0 Å². The van der Waals surface area contributed by atoms with Crippen LogP contribution in [0.15, 0.2) is 65.6 Å². The minimum Gasteiger partial charge on any atom is -0.264 e. The van der Waals surface area contributed by atoms with Crippen LogP contribution in [-0.2, 0) is 16.4 Å². The van der Waals surface area contributed by atoms with Gasteiger partial charge in [-0.1, -0.05) is 17.7 Å². The van der Waals surface area contributed by atoms with E-state index in [1.54, 1.807) is 48.5 Å². The third kappa shape index (κ3) is 3.32. The predicted octanol–water partition coefficient (Wildman–Crippen LogP) is 4.34. The highest BCUT2D eigenvalue weighted by Crippen LogP contribution is 2.33. The molecule has 3 aromatic rings. The van der Waals surface area contributed by atoms with Gasteiger partial charge >= 0.3 is 0 Å². The molecule has 1 aliphatic heterocycles. The smallest absolute Gasteiger partial charge is 0.264 e. The summed E-state index contributed by atoms with van der Waals surface area (Å²) in [5, 5.41) is 0. The molecule has 4 nitrogen and oxygen atoms in total. The largest absolute Gasteiger partial charge is 0.264 e. The third-order valence-electron chi connectivity index (χ3n) is 4.74. The molecule has 0 bridgehead atoms. The van der Waals surface area contributed by atoms with E-state index >= 15 is 0 Å². The molecule has 0 amide bonds. The molecule has 6 heteroatoms. The van der Waals surface area contributed by atoms with Gasteiger partial charge in [-0.25, -0.2) is 12.8 Å². The Kier molecular flexibility index (Phi) is 4.44. The summed E-state index contributed by atoms with van der Waals surface area (Å²) >= 11 is 0. The molecule has 138 valence electrons. The van der Waals surface area contributed by atoms with E-state index in [4.69, 9.17) is 0 Å². The Balaban J connectivity index is 1.73. The lowest BCUT2D eigenvalue weighted by atomic mass is 10.1.